The van der Waals surface area contributed by atoms with E-state index in [9.17, 15) is 0 Å². The minimum Gasteiger partial charge on any atom is -0.232 e. The standard InChI is InChI=1S/3C17H16N.C16H15N2.8C2H6.2CH4/c1-13-7-3-6-10-16(13)17-11-14-8-4-5-9-15(14)12-18(17)2;1-13-7-3-5-9-15(13)17-16-10-6-4-8-14(16)11-12-18(17)2;1-13-7-3-5-9-15(13)17-12-11-14-8-4-6-10-16(14)18(17)2;1-12-7-3-4-8-13(12)16-14-9-5-6-10-15(14)17-11-18(16)2;8*1-2;;/h3*3-12H,1-2H3;3-11H,1-2H3;8*1-2H3;2*1H4/q4*+1;;;;;;;;;;. The van der Waals surface area contributed by atoms with Crippen molar-refractivity contribution in [1.82, 2.24) is 4.98 Å². The zero-order valence-electron chi connectivity index (χ0n) is 58.8. The van der Waals surface area contributed by atoms with Gasteiger partial charge in [-0.2, -0.15) is 4.57 Å². The number of benzene rings is 8. The highest BCUT2D eigenvalue weighted by Crippen LogP contribution is 2.29. The van der Waals surface area contributed by atoms with Gasteiger partial charge in [-0.05, 0) is 120 Å². The molecule has 480 valence electrons. The lowest BCUT2D eigenvalue weighted by Crippen LogP contribution is -2.32. The van der Waals surface area contributed by atoms with Crippen LogP contribution in [-0.2, 0) is 28.2 Å². The van der Waals surface area contributed by atoms with Gasteiger partial charge in [-0.15, -0.1) is 0 Å². The Morgan fingerprint density at radius 3 is 1.14 bits per heavy atom. The molecule has 5 nitrogen and oxygen atoms in total. The van der Waals surface area contributed by atoms with Gasteiger partial charge in [0.15, 0.2) is 17.9 Å². The van der Waals surface area contributed by atoms with Crippen molar-refractivity contribution in [3.63, 3.8) is 0 Å². The Balaban J connectivity index is 0. The predicted octanol–water partition coefficient (Wildman–Crippen LogP) is 23.4. The van der Waals surface area contributed by atoms with Gasteiger partial charge in [0.25, 0.3) is 6.33 Å². The number of fused-ring (bicyclic) bond motifs is 4. The van der Waals surface area contributed by atoms with Crippen molar-refractivity contribution in [2.24, 2.45) is 28.2 Å². The number of hydrogen-bond donors (Lipinski definition) is 0. The van der Waals surface area contributed by atoms with Gasteiger partial charge < -0.3 is 0 Å². The molecule has 0 amide bonds. The van der Waals surface area contributed by atoms with Crippen molar-refractivity contribution < 1.29 is 18.3 Å². The fourth-order valence-electron chi connectivity index (χ4n) is 9.74. The number of nitrogens with zero attached hydrogens (tertiary/aromatic N) is 5. The largest absolute Gasteiger partial charge is 0.287 e. The van der Waals surface area contributed by atoms with Crippen LogP contribution in [0.5, 0.6) is 0 Å². The molecular formula is C85H119N5+4. The van der Waals surface area contributed by atoms with E-state index >= 15 is 0 Å². The number of para-hydroxylation sites is 2. The van der Waals surface area contributed by atoms with Crippen LogP contribution < -0.4 is 18.3 Å². The Bertz CT molecular complexity index is 3690. The minimum absolute atomic E-state index is 0. The second kappa shape index (κ2) is 47.3. The summed E-state index contributed by atoms with van der Waals surface area (Å²) in [6, 6.07) is 76.6. The average molecular weight is 1210 g/mol. The van der Waals surface area contributed by atoms with Crippen LogP contribution in [0, 0.1) is 27.7 Å². The molecule has 0 aliphatic rings. The zero-order chi connectivity index (χ0) is 66.1. The Hall–Kier alpha value is -8.67. The van der Waals surface area contributed by atoms with Gasteiger partial charge in [0.05, 0.1) is 17.8 Å². The van der Waals surface area contributed by atoms with Crippen LogP contribution in [0.3, 0.4) is 0 Å². The first-order chi connectivity index (χ1) is 43.1. The molecule has 4 heterocycles. The molecule has 0 fully saturated rings. The van der Waals surface area contributed by atoms with E-state index < -0.39 is 0 Å². The molecule has 8 aromatic carbocycles. The smallest absolute Gasteiger partial charge is 0.232 e. The first-order valence-electron chi connectivity index (χ1n) is 32.7. The lowest BCUT2D eigenvalue weighted by molar-refractivity contribution is -0.662. The van der Waals surface area contributed by atoms with Crippen LogP contribution in [0.15, 0.2) is 237 Å². The number of rotatable bonds is 4. The molecule has 5 heteroatoms. The van der Waals surface area contributed by atoms with Gasteiger partial charge in [0.1, 0.15) is 26.8 Å². The van der Waals surface area contributed by atoms with Crippen molar-refractivity contribution in [2.75, 3.05) is 0 Å². The summed E-state index contributed by atoms with van der Waals surface area (Å²) in [6.07, 6.45) is 6.20. The molecule has 0 saturated carbocycles. The molecule has 0 N–H and O–H groups in total. The third-order valence-corrected chi connectivity index (χ3v) is 13.7. The summed E-state index contributed by atoms with van der Waals surface area (Å²) in [5, 5.41) is 7.62. The molecule has 0 aliphatic carbocycles. The van der Waals surface area contributed by atoms with E-state index in [1.165, 1.54) is 105 Å². The van der Waals surface area contributed by atoms with Crippen LogP contribution >= 0.6 is 0 Å². The zero-order valence-corrected chi connectivity index (χ0v) is 58.8. The number of hydrogen-bond acceptors (Lipinski definition) is 1. The summed E-state index contributed by atoms with van der Waals surface area (Å²) in [6.45, 7) is 40.6. The minimum atomic E-state index is 0. The predicted molar refractivity (Wildman–Crippen MR) is 403 cm³/mol. The van der Waals surface area contributed by atoms with Gasteiger partial charge in [-0.25, -0.2) is 13.7 Å². The monoisotopic (exact) mass is 1210 g/mol. The SMILES string of the molecule is C.C.CC.CC.CC.CC.CC.CC.CC.CC.Cc1ccccc1-c1c2ccccc2cc[n+]1C.Cc1ccccc1-c1c2ccccc2nc[n+]1C.Cc1ccccc1-c1cc2ccccc2c[n+]1C.Cc1ccccc1-c1ccc2ccccc2[n+]1C. The molecule has 0 bridgehead atoms. The maximum absolute atomic E-state index is 4.46. The molecule has 0 aliphatic heterocycles. The van der Waals surface area contributed by atoms with Crippen molar-refractivity contribution in [3.05, 3.63) is 259 Å². The molecule has 0 saturated heterocycles. The molecular weight excluding hydrogens is 1090 g/mol. The quantitative estimate of drug-likeness (QED) is 0.161. The summed E-state index contributed by atoms with van der Waals surface area (Å²) in [7, 11) is 8.38. The first kappa shape index (κ1) is 83.4. The van der Waals surface area contributed by atoms with E-state index in [2.05, 4.69) is 297 Å². The highest BCUT2D eigenvalue weighted by atomic mass is 15.0. The Kier molecular flexibility index (Phi) is 43.9. The molecule has 90 heavy (non-hydrogen) atoms. The van der Waals surface area contributed by atoms with Crippen LogP contribution in [0.1, 0.15) is 148 Å². The lowest BCUT2D eigenvalue weighted by atomic mass is 10.00. The molecule has 0 spiro atoms. The Morgan fingerprint density at radius 1 is 0.289 bits per heavy atom. The number of pyridine rings is 3. The second-order valence-corrected chi connectivity index (χ2v) is 18.6. The third-order valence-electron chi connectivity index (χ3n) is 13.7. The van der Waals surface area contributed by atoms with Crippen molar-refractivity contribution in [3.8, 4) is 45.0 Å². The Labute approximate surface area is 549 Å². The maximum atomic E-state index is 4.46. The van der Waals surface area contributed by atoms with E-state index in [1.54, 1.807) is 0 Å². The fourth-order valence-corrected chi connectivity index (χ4v) is 9.74. The van der Waals surface area contributed by atoms with Crippen LogP contribution in [0.4, 0.5) is 0 Å². The van der Waals surface area contributed by atoms with Gasteiger partial charge in [0, 0.05) is 57.3 Å². The third kappa shape index (κ3) is 22.7. The summed E-state index contributed by atoms with van der Waals surface area (Å²) < 4.78 is 8.75. The summed E-state index contributed by atoms with van der Waals surface area (Å²) in [4.78, 5) is 4.46. The number of aromatic nitrogens is 5. The van der Waals surface area contributed by atoms with Gasteiger partial charge >= 0.3 is 0 Å². The second-order valence-electron chi connectivity index (χ2n) is 18.6. The number of aryl methyl sites for hydroxylation is 8. The molecule has 0 atom stereocenters. The van der Waals surface area contributed by atoms with Crippen LogP contribution in [0.25, 0.3) is 88.4 Å². The topological polar surface area (TPSA) is 28.4 Å². The molecule has 0 unspecified atom stereocenters. The normalized spacial score (nSPS) is 9.16. The van der Waals surface area contributed by atoms with Crippen molar-refractivity contribution in [1.29, 1.82) is 0 Å². The van der Waals surface area contributed by atoms with Gasteiger partial charge in [0.2, 0.25) is 22.6 Å². The summed E-state index contributed by atoms with van der Waals surface area (Å²) >= 11 is 0. The highest BCUT2D eigenvalue weighted by Gasteiger charge is 2.18. The van der Waals surface area contributed by atoms with E-state index in [-0.39, 0.29) is 14.9 Å². The first-order valence-corrected chi connectivity index (χ1v) is 32.7. The van der Waals surface area contributed by atoms with Gasteiger partial charge in [-0.3, -0.25) is 0 Å². The van der Waals surface area contributed by atoms with Gasteiger partial charge in [-0.1, -0.05) is 265 Å². The van der Waals surface area contributed by atoms with E-state index in [1.807, 2.05) is 130 Å². The molecule has 12 aromatic rings. The lowest BCUT2D eigenvalue weighted by Gasteiger charge is -2.08. The molecule has 4 aromatic heterocycles. The maximum Gasteiger partial charge on any atom is 0.287 e. The van der Waals surface area contributed by atoms with Crippen molar-refractivity contribution in [2.45, 2.75) is 153 Å². The molecule has 12 rings (SSSR count). The highest BCUT2D eigenvalue weighted by molar-refractivity contribution is 5.94. The van der Waals surface area contributed by atoms with E-state index in [0.717, 1.165) is 5.52 Å². The van der Waals surface area contributed by atoms with E-state index in [4.69, 9.17) is 0 Å². The van der Waals surface area contributed by atoms with Crippen LogP contribution in [0.2, 0.25) is 0 Å². The summed E-state index contributed by atoms with van der Waals surface area (Å²) in [5.74, 6) is 0. The fraction of sp³-hybridized carbons (Fsp3) is 0.306. The average Bonchev–Trinajstić information content (AvgIpc) is 0.939. The van der Waals surface area contributed by atoms with Crippen LogP contribution in [-0.4, -0.2) is 4.98 Å². The summed E-state index contributed by atoms with van der Waals surface area (Å²) in [5.41, 5.74) is 17.7. The molecule has 0 radical (unpaired) electrons. The van der Waals surface area contributed by atoms with Crippen molar-refractivity contribution >= 4 is 43.4 Å². The Morgan fingerprint density at radius 2 is 0.656 bits per heavy atom. The van der Waals surface area contributed by atoms with E-state index in [0.29, 0.717) is 0 Å².